The van der Waals surface area contributed by atoms with Gasteiger partial charge in [0.15, 0.2) is 0 Å². The van der Waals surface area contributed by atoms with E-state index in [0.717, 1.165) is 5.69 Å². The van der Waals surface area contributed by atoms with Gasteiger partial charge in [0.1, 0.15) is 0 Å². The van der Waals surface area contributed by atoms with Gasteiger partial charge in [0.25, 0.3) is 17.6 Å². The van der Waals surface area contributed by atoms with E-state index in [1.54, 1.807) is 13.0 Å². The molecule has 7 nitrogen and oxygen atoms in total. The number of hydrogen-bond acceptors (Lipinski definition) is 5. The van der Waals surface area contributed by atoms with Gasteiger partial charge in [-0.3, -0.25) is 4.79 Å². The van der Waals surface area contributed by atoms with Gasteiger partial charge in [-0.15, -0.1) is 29.9 Å². The van der Waals surface area contributed by atoms with Crippen LogP contribution in [0.2, 0.25) is 0 Å². The molecule has 0 saturated carbocycles. The lowest BCUT2D eigenvalue weighted by molar-refractivity contribution is 0.0117. The number of rotatable bonds is 4. The highest BCUT2D eigenvalue weighted by Gasteiger charge is 2.28. The van der Waals surface area contributed by atoms with Crippen molar-refractivity contribution in [1.82, 2.24) is 24.9 Å². The second-order valence-corrected chi connectivity index (χ2v) is 3.98. The number of carbonyl (C=O) groups is 1. The highest BCUT2D eigenvalue weighted by atomic mass is 35.5. The summed E-state index contributed by atoms with van der Waals surface area (Å²) in [5, 5.41) is 5.93. The Morgan fingerprint density at radius 2 is 2.14 bits per heavy atom. The van der Waals surface area contributed by atoms with Gasteiger partial charge in [-0.25, -0.2) is 18.3 Å². The van der Waals surface area contributed by atoms with Crippen LogP contribution < -0.4 is 11.1 Å². The van der Waals surface area contributed by atoms with E-state index in [4.69, 9.17) is 5.73 Å². The third kappa shape index (κ3) is 4.45. The SMILES string of the molecule is Cc1ccnc2nc(C(=O)NCC(F)(F)CN)nn12.Cl.Cl. The fourth-order valence-corrected chi connectivity index (χ4v) is 1.36. The lowest BCUT2D eigenvalue weighted by Crippen LogP contribution is -2.41. The third-order valence-corrected chi connectivity index (χ3v) is 2.44. The summed E-state index contributed by atoms with van der Waals surface area (Å²) in [5.74, 6) is -3.92. The smallest absolute Gasteiger partial charge is 0.291 e. The Bertz CT molecular complexity index is 621. The van der Waals surface area contributed by atoms with Crippen molar-refractivity contribution >= 4 is 36.5 Å². The fourth-order valence-electron chi connectivity index (χ4n) is 1.36. The first-order valence-corrected chi connectivity index (χ1v) is 5.47. The van der Waals surface area contributed by atoms with E-state index < -0.39 is 24.9 Å². The minimum atomic E-state index is -3.15. The maximum Gasteiger partial charge on any atom is 0.291 e. The van der Waals surface area contributed by atoms with Gasteiger partial charge in [0, 0.05) is 11.9 Å². The van der Waals surface area contributed by atoms with Crippen LogP contribution in [0.5, 0.6) is 0 Å². The number of aryl methyl sites for hydroxylation is 1. The molecule has 11 heteroatoms. The lowest BCUT2D eigenvalue weighted by Gasteiger charge is -2.13. The molecule has 3 N–H and O–H groups in total. The van der Waals surface area contributed by atoms with Crippen molar-refractivity contribution in [3.8, 4) is 0 Å². The summed E-state index contributed by atoms with van der Waals surface area (Å²) in [6.07, 6.45) is 1.52. The van der Waals surface area contributed by atoms with Crippen molar-refractivity contribution in [3.05, 3.63) is 23.8 Å². The molecule has 0 atom stereocenters. The van der Waals surface area contributed by atoms with Crippen LogP contribution in [0.4, 0.5) is 8.78 Å². The van der Waals surface area contributed by atoms with Crippen molar-refractivity contribution in [2.75, 3.05) is 13.1 Å². The number of nitrogens with one attached hydrogen (secondary N) is 1. The molecule has 2 heterocycles. The number of alkyl halides is 2. The Morgan fingerprint density at radius 1 is 1.48 bits per heavy atom. The highest BCUT2D eigenvalue weighted by Crippen LogP contribution is 2.09. The van der Waals surface area contributed by atoms with Gasteiger partial charge >= 0.3 is 0 Å². The first-order valence-electron chi connectivity index (χ1n) is 5.47. The summed E-state index contributed by atoms with van der Waals surface area (Å²) in [6.45, 7) is 0.0600. The van der Waals surface area contributed by atoms with E-state index in [1.807, 2.05) is 5.32 Å². The summed E-state index contributed by atoms with van der Waals surface area (Å²) in [5.41, 5.74) is 5.59. The van der Waals surface area contributed by atoms with Gasteiger partial charge in [-0.2, -0.15) is 4.98 Å². The van der Waals surface area contributed by atoms with Crippen molar-refractivity contribution in [1.29, 1.82) is 0 Å². The third-order valence-electron chi connectivity index (χ3n) is 2.44. The summed E-state index contributed by atoms with van der Waals surface area (Å²) in [4.78, 5) is 19.4. The molecule has 2 aromatic heterocycles. The molecule has 0 unspecified atom stereocenters. The average Bonchev–Trinajstić information content (AvgIpc) is 2.81. The Labute approximate surface area is 131 Å². The zero-order valence-corrected chi connectivity index (χ0v) is 12.5. The van der Waals surface area contributed by atoms with Crippen LogP contribution in [0.15, 0.2) is 12.3 Å². The molecule has 0 spiro atoms. The van der Waals surface area contributed by atoms with Crippen LogP contribution in [0.1, 0.15) is 16.3 Å². The van der Waals surface area contributed by atoms with E-state index in [1.165, 1.54) is 10.7 Å². The Kier molecular flexibility index (Phi) is 6.88. The van der Waals surface area contributed by atoms with Crippen LogP contribution in [-0.4, -0.2) is 44.5 Å². The summed E-state index contributed by atoms with van der Waals surface area (Å²) in [6, 6.07) is 1.69. The molecule has 0 aliphatic rings. The molecular weight excluding hydrogens is 329 g/mol. The van der Waals surface area contributed by atoms with Crippen LogP contribution >= 0.6 is 24.8 Å². The molecule has 0 aromatic carbocycles. The molecule has 1 amide bonds. The van der Waals surface area contributed by atoms with Gasteiger partial charge in [0.05, 0.1) is 13.1 Å². The second kappa shape index (κ2) is 7.43. The summed E-state index contributed by atoms with van der Waals surface area (Å²) < 4.78 is 27.2. The predicted octanol–water partition coefficient (Wildman–Crippen LogP) is 0.600. The molecule has 0 saturated heterocycles. The first-order chi connectivity index (χ1) is 8.93. The maximum absolute atomic E-state index is 12.9. The monoisotopic (exact) mass is 342 g/mol. The number of nitrogens with two attached hydrogens (primary N) is 1. The molecule has 0 aliphatic carbocycles. The topological polar surface area (TPSA) is 98.2 Å². The van der Waals surface area contributed by atoms with Gasteiger partial charge in [-0.05, 0) is 13.0 Å². The molecule has 2 rings (SSSR count). The van der Waals surface area contributed by atoms with Crippen LogP contribution in [0.25, 0.3) is 5.78 Å². The fraction of sp³-hybridized carbons (Fsp3) is 0.400. The number of halogens is 4. The van der Waals surface area contributed by atoms with E-state index in [9.17, 15) is 13.6 Å². The van der Waals surface area contributed by atoms with Gasteiger partial charge in [0.2, 0.25) is 5.82 Å². The number of fused-ring (bicyclic) bond motifs is 1. The standard InChI is InChI=1S/C10H12F2N6O.2ClH/c1-6-2-3-14-9-16-7(17-18(6)9)8(19)15-5-10(11,12)4-13;;/h2-3H,4-5,13H2,1H3,(H,15,19);2*1H. The Morgan fingerprint density at radius 3 is 2.71 bits per heavy atom. The molecule has 2 aromatic rings. The minimum Gasteiger partial charge on any atom is -0.343 e. The van der Waals surface area contributed by atoms with Crippen molar-refractivity contribution in [2.24, 2.45) is 5.73 Å². The predicted molar refractivity (Wildman–Crippen MR) is 76.3 cm³/mol. The first kappa shape index (κ1) is 19.4. The van der Waals surface area contributed by atoms with E-state index in [2.05, 4.69) is 15.1 Å². The summed E-state index contributed by atoms with van der Waals surface area (Å²) >= 11 is 0. The van der Waals surface area contributed by atoms with Crippen LogP contribution in [0.3, 0.4) is 0 Å². The number of carbonyl (C=O) groups excluding carboxylic acids is 1. The van der Waals surface area contributed by atoms with E-state index in [0.29, 0.717) is 0 Å². The van der Waals surface area contributed by atoms with Crippen LogP contribution in [0, 0.1) is 6.92 Å². The maximum atomic E-state index is 12.9. The molecular formula is C10H14Cl2F2N6O. The number of hydrogen-bond donors (Lipinski definition) is 2. The molecule has 0 radical (unpaired) electrons. The lowest BCUT2D eigenvalue weighted by atomic mass is 10.3. The van der Waals surface area contributed by atoms with Crippen molar-refractivity contribution in [3.63, 3.8) is 0 Å². The summed E-state index contributed by atoms with van der Waals surface area (Å²) in [7, 11) is 0. The number of nitrogens with zero attached hydrogens (tertiary/aromatic N) is 4. The molecule has 118 valence electrons. The zero-order chi connectivity index (χ0) is 14.0. The molecule has 0 fully saturated rings. The minimum absolute atomic E-state index is 0. The largest absolute Gasteiger partial charge is 0.343 e. The molecule has 21 heavy (non-hydrogen) atoms. The van der Waals surface area contributed by atoms with Gasteiger partial charge in [-0.1, -0.05) is 0 Å². The quantitative estimate of drug-likeness (QED) is 0.847. The van der Waals surface area contributed by atoms with E-state index >= 15 is 0 Å². The van der Waals surface area contributed by atoms with Crippen molar-refractivity contribution in [2.45, 2.75) is 12.8 Å². The molecule has 0 bridgehead atoms. The van der Waals surface area contributed by atoms with Crippen molar-refractivity contribution < 1.29 is 13.6 Å². The molecule has 0 aliphatic heterocycles. The Balaban J connectivity index is 0.00000200. The normalized spacial score (nSPS) is 10.7. The number of amides is 1. The number of aromatic nitrogens is 4. The average molecular weight is 343 g/mol. The zero-order valence-electron chi connectivity index (χ0n) is 10.9. The van der Waals surface area contributed by atoms with Gasteiger partial charge < -0.3 is 11.1 Å². The van der Waals surface area contributed by atoms with Crippen LogP contribution in [-0.2, 0) is 0 Å². The highest BCUT2D eigenvalue weighted by molar-refractivity contribution is 5.90. The van der Waals surface area contributed by atoms with E-state index in [-0.39, 0.29) is 36.4 Å². The second-order valence-electron chi connectivity index (χ2n) is 3.98. The Hall–Kier alpha value is -1.58.